The number of hydrogen-bond acceptors (Lipinski definition) is 6. The topological polar surface area (TPSA) is 93.3 Å². The van der Waals surface area contributed by atoms with Gasteiger partial charge in [0.1, 0.15) is 12.4 Å². The Morgan fingerprint density at radius 3 is 2.65 bits per heavy atom. The number of carbonyl (C=O) groups is 1. The Labute approximate surface area is 188 Å². The van der Waals surface area contributed by atoms with Crippen LogP contribution in [0.3, 0.4) is 0 Å². The number of rotatable bonds is 6. The number of aromatic amines is 1. The van der Waals surface area contributed by atoms with E-state index in [0.29, 0.717) is 39.7 Å². The first-order valence-corrected chi connectivity index (χ1v) is 11.1. The number of thioether (sulfide) groups is 1. The van der Waals surface area contributed by atoms with Crippen LogP contribution in [0.2, 0.25) is 5.02 Å². The van der Waals surface area contributed by atoms with E-state index >= 15 is 0 Å². The van der Waals surface area contributed by atoms with Gasteiger partial charge in [-0.15, -0.1) is 0 Å². The Morgan fingerprint density at radius 1 is 1.16 bits per heavy atom. The molecule has 0 aliphatic carbocycles. The molecule has 0 bridgehead atoms. The van der Waals surface area contributed by atoms with Gasteiger partial charge in [0.2, 0.25) is 5.91 Å². The minimum atomic E-state index is -0.435. The van der Waals surface area contributed by atoms with Crippen molar-refractivity contribution in [1.82, 2.24) is 9.97 Å². The first kappa shape index (κ1) is 21.3. The van der Waals surface area contributed by atoms with Crippen molar-refractivity contribution in [2.75, 3.05) is 18.7 Å². The zero-order valence-corrected chi connectivity index (χ0v) is 18.5. The minimum Gasteiger partial charge on any atom is -0.493 e. The van der Waals surface area contributed by atoms with Crippen LogP contribution in [0.25, 0.3) is 0 Å². The summed E-state index contributed by atoms with van der Waals surface area (Å²) >= 11 is 7.23. The third-order valence-corrected chi connectivity index (χ3v) is 5.85. The maximum Gasteiger partial charge on any atom is 0.257 e. The Morgan fingerprint density at radius 2 is 1.94 bits per heavy atom. The summed E-state index contributed by atoms with van der Waals surface area (Å²) < 4.78 is 11.4. The molecule has 2 heterocycles. The van der Waals surface area contributed by atoms with Crippen LogP contribution in [0.15, 0.2) is 52.4 Å². The highest BCUT2D eigenvalue weighted by atomic mass is 35.5. The molecule has 1 amide bonds. The summed E-state index contributed by atoms with van der Waals surface area (Å²) in [5.74, 6) is 0.756. The van der Waals surface area contributed by atoms with Crippen molar-refractivity contribution < 1.29 is 14.3 Å². The Bertz CT molecular complexity index is 1180. The zero-order valence-electron chi connectivity index (χ0n) is 16.9. The van der Waals surface area contributed by atoms with Crippen molar-refractivity contribution in [2.45, 2.75) is 24.1 Å². The molecule has 1 unspecified atom stereocenters. The number of aromatic nitrogens is 2. The lowest BCUT2D eigenvalue weighted by atomic mass is 9.86. The second-order valence-corrected chi connectivity index (χ2v) is 8.20. The first-order chi connectivity index (χ1) is 15.0. The van der Waals surface area contributed by atoms with E-state index in [1.165, 1.54) is 11.8 Å². The monoisotopic (exact) mass is 457 g/mol. The van der Waals surface area contributed by atoms with Crippen LogP contribution in [0, 0.1) is 0 Å². The number of fused-ring (bicyclic) bond motifs is 1. The Balaban J connectivity index is 1.64. The van der Waals surface area contributed by atoms with Gasteiger partial charge in [0.25, 0.3) is 5.56 Å². The molecule has 1 aliphatic rings. The molecular formula is C22H20ClN3O4S. The standard InChI is InChI=1S/C22H20ClN3O4S/c1-29-17-9-13(5-8-16(17)30-11-12-3-6-14(23)7-4-12)15-10-18(27)24-20-19(15)21(28)26-22(25-20)31-2/h3-9,15H,10-11H2,1-2H3,(H2,24,25,26,27,28). The van der Waals surface area contributed by atoms with Gasteiger partial charge in [0.05, 0.1) is 12.7 Å². The molecule has 0 spiro atoms. The molecule has 1 atom stereocenters. The largest absolute Gasteiger partial charge is 0.493 e. The number of carbonyl (C=O) groups excluding carboxylic acids is 1. The molecule has 0 radical (unpaired) electrons. The lowest BCUT2D eigenvalue weighted by molar-refractivity contribution is -0.116. The number of anilines is 1. The zero-order chi connectivity index (χ0) is 22.0. The number of hydrogen-bond donors (Lipinski definition) is 2. The summed E-state index contributed by atoms with van der Waals surface area (Å²) in [5, 5.41) is 3.82. The number of methoxy groups -OCH3 is 1. The molecule has 7 nitrogen and oxygen atoms in total. The van der Waals surface area contributed by atoms with Crippen LogP contribution >= 0.6 is 23.4 Å². The molecule has 2 N–H and O–H groups in total. The van der Waals surface area contributed by atoms with Gasteiger partial charge >= 0.3 is 0 Å². The maximum absolute atomic E-state index is 12.7. The highest BCUT2D eigenvalue weighted by Gasteiger charge is 2.31. The third-order valence-electron chi connectivity index (χ3n) is 5.02. The van der Waals surface area contributed by atoms with Crippen molar-refractivity contribution in [1.29, 1.82) is 0 Å². The van der Waals surface area contributed by atoms with E-state index in [9.17, 15) is 9.59 Å². The average Bonchev–Trinajstić information content (AvgIpc) is 2.77. The second-order valence-electron chi connectivity index (χ2n) is 6.97. The number of benzene rings is 2. The predicted octanol–water partition coefficient (Wildman–Crippen LogP) is 4.21. The van der Waals surface area contributed by atoms with Crippen LogP contribution in [0.4, 0.5) is 5.82 Å². The summed E-state index contributed by atoms with van der Waals surface area (Å²) in [6.45, 7) is 0.350. The summed E-state index contributed by atoms with van der Waals surface area (Å²) in [6.07, 6.45) is 1.95. The minimum absolute atomic E-state index is 0.143. The van der Waals surface area contributed by atoms with Gasteiger partial charge in [-0.2, -0.15) is 0 Å². The first-order valence-electron chi connectivity index (χ1n) is 9.51. The second kappa shape index (κ2) is 9.03. The molecule has 0 saturated heterocycles. The molecule has 0 saturated carbocycles. The van der Waals surface area contributed by atoms with E-state index in [2.05, 4.69) is 15.3 Å². The number of H-pyrrole nitrogens is 1. The smallest absolute Gasteiger partial charge is 0.257 e. The van der Waals surface area contributed by atoms with Gasteiger partial charge in [-0.3, -0.25) is 9.59 Å². The molecule has 9 heteroatoms. The lowest BCUT2D eigenvalue weighted by Crippen LogP contribution is -2.31. The van der Waals surface area contributed by atoms with Crippen LogP contribution in [0.5, 0.6) is 11.5 Å². The van der Waals surface area contributed by atoms with Crippen molar-refractivity contribution in [3.8, 4) is 11.5 Å². The van der Waals surface area contributed by atoms with E-state index in [4.69, 9.17) is 21.1 Å². The third kappa shape index (κ3) is 4.55. The molecule has 4 rings (SSSR count). The van der Waals surface area contributed by atoms with E-state index < -0.39 is 5.92 Å². The number of amides is 1. The summed E-state index contributed by atoms with van der Waals surface area (Å²) in [6, 6.07) is 12.8. The molecule has 1 aliphatic heterocycles. The molecule has 31 heavy (non-hydrogen) atoms. The quantitative estimate of drug-likeness (QED) is 0.425. The lowest BCUT2D eigenvalue weighted by Gasteiger charge is -2.25. The van der Waals surface area contributed by atoms with Gasteiger partial charge in [0, 0.05) is 17.4 Å². The van der Waals surface area contributed by atoms with E-state index in [-0.39, 0.29) is 17.9 Å². The van der Waals surface area contributed by atoms with E-state index in [0.717, 1.165) is 11.1 Å². The highest BCUT2D eigenvalue weighted by Crippen LogP contribution is 2.38. The van der Waals surface area contributed by atoms with Crippen molar-refractivity contribution >= 4 is 35.1 Å². The van der Waals surface area contributed by atoms with Crippen molar-refractivity contribution in [3.05, 3.63) is 74.5 Å². The van der Waals surface area contributed by atoms with Crippen LogP contribution in [-0.2, 0) is 11.4 Å². The number of nitrogens with one attached hydrogen (secondary N) is 2. The molecular weight excluding hydrogens is 438 g/mol. The van der Waals surface area contributed by atoms with Gasteiger partial charge in [-0.1, -0.05) is 41.6 Å². The summed E-state index contributed by atoms with van der Waals surface area (Å²) in [4.78, 5) is 32.1. The van der Waals surface area contributed by atoms with Crippen LogP contribution in [0.1, 0.15) is 29.0 Å². The van der Waals surface area contributed by atoms with Crippen LogP contribution < -0.4 is 20.3 Å². The number of halogens is 1. The highest BCUT2D eigenvalue weighted by molar-refractivity contribution is 7.98. The van der Waals surface area contributed by atoms with Crippen molar-refractivity contribution in [3.63, 3.8) is 0 Å². The van der Waals surface area contributed by atoms with Crippen molar-refractivity contribution in [2.24, 2.45) is 0 Å². The van der Waals surface area contributed by atoms with Gasteiger partial charge < -0.3 is 19.8 Å². The molecule has 3 aromatic rings. The number of ether oxygens (including phenoxy) is 2. The Kier molecular flexibility index (Phi) is 6.20. The maximum atomic E-state index is 12.7. The number of nitrogens with zero attached hydrogens (tertiary/aromatic N) is 1. The molecule has 1 aromatic heterocycles. The normalized spacial score (nSPS) is 15.2. The van der Waals surface area contributed by atoms with Gasteiger partial charge in [-0.25, -0.2) is 4.98 Å². The molecule has 160 valence electrons. The van der Waals surface area contributed by atoms with Gasteiger partial charge in [-0.05, 0) is 41.6 Å². The molecule has 0 fully saturated rings. The Hall–Kier alpha value is -2.97. The SMILES string of the molecule is COc1cc(C2CC(=O)Nc3nc(SC)[nH]c(=O)c32)ccc1OCc1ccc(Cl)cc1. The van der Waals surface area contributed by atoms with Gasteiger partial charge in [0.15, 0.2) is 16.7 Å². The average molecular weight is 458 g/mol. The summed E-state index contributed by atoms with van der Waals surface area (Å²) in [7, 11) is 1.55. The fourth-order valence-corrected chi connectivity index (χ4v) is 4.00. The fraction of sp³-hybridized carbons (Fsp3) is 0.227. The molecule has 2 aromatic carbocycles. The van der Waals surface area contributed by atoms with Crippen LogP contribution in [-0.4, -0.2) is 29.2 Å². The van der Waals surface area contributed by atoms with E-state index in [1.807, 2.05) is 18.2 Å². The summed E-state index contributed by atoms with van der Waals surface area (Å²) in [5.41, 5.74) is 1.92. The predicted molar refractivity (Wildman–Crippen MR) is 121 cm³/mol. The van der Waals surface area contributed by atoms with E-state index in [1.54, 1.807) is 37.6 Å². The fourth-order valence-electron chi connectivity index (χ4n) is 3.49.